The van der Waals surface area contributed by atoms with Gasteiger partial charge in [0.25, 0.3) is 11.5 Å². The van der Waals surface area contributed by atoms with Crippen LogP contribution in [0.4, 0.5) is 0 Å². The fourth-order valence-corrected chi connectivity index (χ4v) is 3.42. The number of hydrogen-bond acceptors (Lipinski definition) is 4. The molecule has 138 valence electrons. The lowest BCUT2D eigenvalue weighted by Gasteiger charge is -2.29. The first kappa shape index (κ1) is 18.2. The number of carbonyl (C=O) groups is 1. The van der Waals surface area contributed by atoms with Crippen LogP contribution >= 0.6 is 0 Å². The van der Waals surface area contributed by atoms with Gasteiger partial charge in [0.2, 0.25) is 0 Å². The van der Waals surface area contributed by atoms with Crippen LogP contribution in [0.1, 0.15) is 54.5 Å². The van der Waals surface area contributed by atoms with Gasteiger partial charge in [-0.2, -0.15) is 0 Å². The molecule has 2 aromatic rings. The van der Waals surface area contributed by atoms with E-state index in [1.54, 1.807) is 7.11 Å². The average molecular weight is 355 g/mol. The lowest BCUT2D eigenvalue weighted by molar-refractivity contribution is 0.0904. The molecular formula is C20H25N3O3. The van der Waals surface area contributed by atoms with Crippen molar-refractivity contribution in [1.82, 2.24) is 15.3 Å². The number of benzene rings is 1. The lowest BCUT2D eigenvalue weighted by atomic mass is 9.86. The van der Waals surface area contributed by atoms with Crippen molar-refractivity contribution in [1.29, 1.82) is 0 Å². The zero-order valence-electron chi connectivity index (χ0n) is 15.2. The number of ether oxygens (including phenoxy) is 1. The minimum Gasteiger partial charge on any atom is -0.497 e. The van der Waals surface area contributed by atoms with Gasteiger partial charge in [-0.05, 0) is 36.5 Å². The number of amides is 1. The van der Waals surface area contributed by atoms with Crippen LogP contribution in [0.25, 0.3) is 0 Å². The van der Waals surface area contributed by atoms with E-state index >= 15 is 0 Å². The highest BCUT2D eigenvalue weighted by Gasteiger charge is 2.24. The summed E-state index contributed by atoms with van der Waals surface area (Å²) in [5.74, 6) is 1.42. The van der Waals surface area contributed by atoms with Crippen LogP contribution in [0, 0.1) is 5.92 Å². The van der Waals surface area contributed by atoms with Gasteiger partial charge >= 0.3 is 0 Å². The van der Waals surface area contributed by atoms with Crippen molar-refractivity contribution in [2.45, 2.75) is 45.1 Å². The van der Waals surface area contributed by atoms with E-state index in [1.807, 2.05) is 24.3 Å². The molecule has 1 amide bonds. The summed E-state index contributed by atoms with van der Waals surface area (Å²) in [4.78, 5) is 31.6. The van der Waals surface area contributed by atoms with Gasteiger partial charge in [0, 0.05) is 18.5 Å². The van der Waals surface area contributed by atoms with Crippen molar-refractivity contribution in [3.63, 3.8) is 0 Å². The highest BCUT2D eigenvalue weighted by Crippen LogP contribution is 2.23. The van der Waals surface area contributed by atoms with Crippen LogP contribution in [-0.2, 0) is 6.42 Å². The van der Waals surface area contributed by atoms with E-state index in [2.05, 4.69) is 22.2 Å². The van der Waals surface area contributed by atoms with E-state index in [4.69, 9.17) is 4.74 Å². The topological polar surface area (TPSA) is 84.1 Å². The zero-order chi connectivity index (χ0) is 18.5. The quantitative estimate of drug-likeness (QED) is 0.864. The predicted molar refractivity (Wildman–Crippen MR) is 99.5 cm³/mol. The molecule has 0 radical (unpaired) electrons. The van der Waals surface area contributed by atoms with E-state index < -0.39 is 0 Å². The molecule has 1 fully saturated rings. The minimum atomic E-state index is -0.314. The zero-order valence-corrected chi connectivity index (χ0v) is 15.2. The number of H-pyrrole nitrogens is 1. The van der Waals surface area contributed by atoms with E-state index in [-0.39, 0.29) is 23.2 Å². The molecule has 0 aliphatic heterocycles. The highest BCUT2D eigenvalue weighted by molar-refractivity contribution is 5.92. The minimum absolute atomic E-state index is 0.155. The molecule has 2 atom stereocenters. The smallest absolute Gasteiger partial charge is 0.270 e. The Labute approximate surface area is 153 Å². The fourth-order valence-electron chi connectivity index (χ4n) is 3.42. The Kier molecular flexibility index (Phi) is 5.71. The Morgan fingerprint density at radius 2 is 2.00 bits per heavy atom. The second-order valence-electron chi connectivity index (χ2n) is 6.94. The summed E-state index contributed by atoms with van der Waals surface area (Å²) in [7, 11) is 1.61. The third-order valence-electron chi connectivity index (χ3n) is 4.98. The Morgan fingerprint density at radius 1 is 1.27 bits per heavy atom. The van der Waals surface area contributed by atoms with Gasteiger partial charge in [0.05, 0.1) is 7.11 Å². The molecule has 2 unspecified atom stereocenters. The summed E-state index contributed by atoms with van der Waals surface area (Å²) in [6, 6.07) is 8.95. The largest absolute Gasteiger partial charge is 0.497 e. The Morgan fingerprint density at radius 3 is 2.69 bits per heavy atom. The maximum Gasteiger partial charge on any atom is 0.270 e. The molecule has 6 nitrogen and oxygen atoms in total. The van der Waals surface area contributed by atoms with E-state index in [0.29, 0.717) is 18.2 Å². The number of rotatable bonds is 5. The SMILES string of the molecule is COc1ccc(Cc2nc(C(=O)NC3CCCCC3C)cc(=O)[nH]2)cc1. The molecule has 1 aliphatic rings. The molecule has 1 aromatic carbocycles. The van der Waals surface area contributed by atoms with Crippen molar-refractivity contribution in [2.24, 2.45) is 5.92 Å². The lowest BCUT2D eigenvalue weighted by Crippen LogP contribution is -2.41. The van der Waals surface area contributed by atoms with Crippen molar-refractivity contribution < 1.29 is 9.53 Å². The Hall–Kier alpha value is -2.63. The van der Waals surface area contributed by atoms with Gasteiger partial charge in [-0.1, -0.05) is 31.9 Å². The van der Waals surface area contributed by atoms with Crippen LogP contribution in [-0.4, -0.2) is 29.0 Å². The molecule has 1 aromatic heterocycles. The van der Waals surface area contributed by atoms with E-state index in [1.165, 1.54) is 12.5 Å². The fraction of sp³-hybridized carbons (Fsp3) is 0.450. The number of carbonyl (C=O) groups excluding carboxylic acids is 1. The molecule has 1 heterocycles. The summed E-state index contributed by atoms with van der Waals surface area (Å²) in [6.07, 6.45) is 4.88. The molecule has 2 N–H and O–H groups in total. The molecular weight excluding hydrogens is 330 g/mol. The Balaban J connectivity index is 1.73. The third-order valence-corrected chi connectivity index (χ3v) is 4.98. The Bertz CT molecular complexity index is 814. The maximum atomic E-state index is 12.6. The number of nitrogens with one attached hydrogen (secondary N) is 2. The van der Waals surface area contributed by atoms with Crippen molar-refractivity contribution >= 4 is 5.91 Å². The molecule has 0 saturated heterocycles. The number of aromatic amines is 1. The first-order valence-electron chi connectivity index (χ1n) is 9.09. The first-order valence-corrected chi connectivity index (χ1v) is 9.09. The van der Waals surface area contributed by atoms with Crippen LogP contribution in [0.2, 0.25) is 0 Å². The predicted octanol–water partition coefficient (Wildman–Crippen LogP) is 2.68. The number of aromatic nitrogens is 2. The summed E-state index contributed by atoms with van der Waals surface area (Å²) in [6.45, 7) is 2.16. The summed E-state index contributed by atoms with van der Waals surface area (Å²) < 4.78 is 5.14. The van der Waals surface area contributed by atoms with Gasteiger partial charge in [-0.15, -0.1) is 0 Å². The summed E-state index contributed by atoms with van der Waals surface area (Å²) >= 11 is 0. The second kappa shape index (κ2) is 8.17. The first-order chi connectivity index (χ1) is 12.5. The van der Waals surface area contributed by atoms with Crippen molar-refractivity contribution in [3.8, 4) is 5.75 Å². The molecule has 1 aliphatic carbocycles. The van der Waals surface area contributed by atoms with Gasteiger partial charge in [0.15, 0.2) is 0 Å². The number of hydrogen-bond donors (Lipinski definition) is 2. The van der Waals surface area contributed by atoms with Crippen LogP contribution in [0.5, 0.6) is 5.75 Å². The number of nitrogens with zero attached hydrogens (tertiary/aromatic N) is 1. The molecule has 3 rings (SSSR count). The van der Waals surface area contributed by atoms with Gasteiger partial charge in [0.1, 0.15) is 17.3 Å². The maximum absolute atomic E-state index is 12.6. The van der Waals surface area contributed by atoms with E-state index in [9.17, 15) is 9.59 Å². The van der Waals surface area contributed by atoms with Gasteiger partial charge in [-0.3, -0.25) is 9.59 Å². The summed E-state index contributed by atoms with van der Waals surface area (Å²) in [5.41, 5.74) is 0.841. The molecule has 0 bridgehead atoms. The second-order valence-corrected chi connectivity index (χ2v) is 6.94. The molecule has 1 saturated carbocycles. The normalized spacial score (nSPS) is 19.8. The average Bonchev–Trinajstić information content (AvgIpc) is 2.64. The monoisotopic (exact) mass is 355 g/mol. The van der Waals surface area contributed by atoms with Gasteiger partial charge < -0.3 is 15.0 Å². The molecule has 6 heteroatoms. The standard InChI is InChI=1S/C20H25N3O3/c1-13-5-3-4-6-16(13)22-20(25)17-12-19(24)23-18(21-17)11-14-7-9-15(26-2)10-8-14/h7-10,12-13,16H,3-6,11H2,1-2H3,(H,22,25)(H,21,23,24). The van der Waals surface area contributed by atoms with Gasteiger partial charge in [-0.25, -0.2) is 4.98 Å². The van der Waals surface area contributed by atoms with Crippen molar-refractivity contribution in [3.05, 3.63) is 57.8 Å². The number of methoxy groups -OCH3 is 1. The van der Waals surface area contributed by atoms with Crippen LogP contribution < -0.4 is 15.6 Å². The summed E-state index contributed by atoms with van der Waals surface area (Å²) in [5, 5.41) is 3.05. The van der Waals surface area contributed by atoms with Crippen LogP contribution in [0.15, 0.2) is 35.1 Å². The van der Waals surface area contributed by atoms with Crippen molar-refractivity contribution in [2.75, 3.05) is 7.11 Å². The molecule has 0 spiro atoms. The molecule has 26 heavy (non-hydrogen) atoms. The van der Waals surface area contributed by atoms with Crippen LogP contribution in [0.3, 0.4) is 0 Å². The third kappa shape index (κ3) is 4.50. The van der Waals surface area contributed by atoms with E-state index in [0.717, 1.165) is 30.6 Å². The highest BCUT2D eigenvalue weighted by atomic mass is 16.5.